The maximum Gasteiger partial charge on any atom is 0.339 e. The summed E-state index contributed by atoms with van der Waals surface area (Å²) in [7, 11) is 0. The third-order valence-corrected chi connectivity index (χ3v) is 7.75. The molecule has 0 spiro atoms. The average molecular weight is 469 g/mol. The Kier molecular flexibility index (Phi) is 6.10. The summed E-state index contributed by atoms with van der Waals surface area (Å²) in [6, 6.07) is 3.66. The van der Waals surface area contributed by atoms with Crippen molar-refractivity contribution in [3.05, 3.63) is 39.2 Å². The number of ether oxygens (including phenoxy) is 1. The normalized spacial score (nSPS) is 23.9. The zero-order chi connectivity index (χ0) is 23.9. The van der Waals surface area contributed by atoms with E-state index in [2.05, 4.69) is 5.32 Å². The number of nitrogens with one attached hydrogen (secondary N) is 1. The lowest BCUT2D eigenvalue weighted by Crippen LogP contribution is -2.56. The SMILES string of the molecule is Cc1cc(OCC(=O)NCC(=O)N2CC[C@@]3(O)CCCC[C@@H]3C2)c2c3c(c(=O)oc2c1)CCC3. The van der Waals surface area contributed by atoms with Crippen LogP contribution in [-0.4, -0.2) is 53.7 Å². The second-order valence-corrected chi connectivity index (χ2v) is 10.0. The van der Waals surface area contributed by atoms with Gasteiger partial charge in [0.2, 0.25) is 5.91 Å². The van der Waals surface area contributed by atoms with E-state index < -0.39 is 5.60 Å². The van der Waals surface area contributed by atoms with Gasteiger partial charge < -0.3 is 24.5 Å². The molecule has 0 radical (unpaired) electrons. The van der Waals surface area contributed by atoms with Crippen molar-refractivity contribution in [2.24, 2.45) is 5.92 Å². The van der Waals surface area contributed by atoms with Crippen LogP contribution in [0.4, 0.5) is 0 Å². The van der Waals surface area contributed by atoms with E-state index in [1.165, 1.54) is 0 Å². The largest absolute Gasteiger partial charge is 0.483 e. The lowest BCUT2D eigenvalue weighted by Gasteiger charge is -2.47. The highest BCUT2D eigenvalue weighted by atomic mass is 16.5. The summed E-state index contributed by atoms with van der Waals surface area (Å²) in [5.74, 6) is 0.116. The standard InChI is InChI=1S/C26H32N2O6/c1-16-11-20(24-18-6-4-7-19(18)25(31)34-21(24)12-16)33-15-22(29)27-13-23(30)28-10-9-26(32)8-3-2-5-17(26)14-28/h11-12,17,32H,2-10,13-15H2,1H3,(H,27,29)/t17-,26+/m1/s1. The highest BCUT2D eigenvalue weighted by molar-refractivity contribution is 5.90. The molecule has 2 heterocycles. The minimum Gasteiger partial charge on any atom is -0.483 e. The summed E-state index contributed by atoms with van der Waals surface area (Å²) in [6.45, 7) is 2.62. The fraction of sp³-hybridized carbons (Fsp3) is 0.577. The van der Waals surface area contributed by atoms with E-state index in [9.17, 15) is 19.5 Å². The Morgan fingerprint density at radius 3 is 2.88 bits per heavy atom. The second kappa shape index (κ2) is 9.06. The van der Waals surface area contributed by atoms with Gasteiger partial charge >= 0.3 is 5.63 Å². The summed E-state index contributed by atoms with van der Waals surface area (Å²) in [4.78, 5) is 39.2. The molecule has 1 aromatic heterocycles. The molecule has 5 rings (SSSR count). The number of likely N-dealkylation sites (tertiary alicyclic amines) is 1. The van der Waals surface area contributed by atoms with Crippen molar-refractivity contribution in [3.63, 3.8) is 0 Å². The first kappa shape index (κ1) is 22.9. The summed E-state index contributed by atoms with van der Waals surface area (Å²) in [5.41, 5.74) is 2.06. The van der Waals surface area contributed by atoms with E-state index in [0.29, 0.717) is 42.8 Å². The van der Waals surface area contributed by atoms with Crippen molar-refractivity contribution >= 4 is 22.8 Å². The van der Waals surface area contributed by atoms with Crippen molar-refractivity contribution in [3.8, 4) is 5.75 Å². The Morgan fingerprint density at radius 2 is 2.03 bits per heavy atom. The summed E-state index contributed by atoms with van der Waals surface area (Å²) in [5, 5.41) is 14.2. The molecule has 0 bridgehead atoms. The maximum absolute atomic E-state index is 12.7. The molecule has 2 amide bonds. The molecule has 1 saturated heterocycles. The van der Waals surface area contributed by atoms with E-state index in [1.54, 1.807) is 4.90 Å². The van der Waals surface area contributed by atoms with E-state index in [4.69, 9.17) is 9.15 Å². The summed E-state index contributed by atoms with van der Waals surface area (Å²) < 4.78 is 11.4. The van der Waals surface area contributed by atoms with Crippen LogP contribution in [0.25, 0.3) is 11.0 Å². The number of aliphatic hydroxyl groups is 1. The van der Waals surface area contributed by atoms with Crippen LogP contribution in [0.5, 0.6) is 5.75 Å². The Labute approximate surface area is 198 Å². The number of fused-ring (bicyclic) bond motifs is 4. The second-order valence-electron chi connectivity index (χ2n) is 10.0. The number of carbonyl (C=O) groups excluding carboxylic acids is 2. The van der Waals surface area contributed by atoms with E-state index in [-0.39, 0.29) is 36.5 Å². The van der Waals surface area contributed by atoms with Gasteiger partial charge in [-0.3, -0.25) is 9.59 Å². The van der Waals surface area contributed by atoms with Gasteiger partial charge in [0.15, 0.2) is 6.61 Å². The highest BCUT2D eigenvalue weighted by Gasteiger charge is 2.43. The quantitative estimate of drug-likeness (QED) is 0.652. The number of amides is 2. The van der Waals surface area contributed by atoms with Gasteiger partial charge in [0.25, 0.3) is 5.91 Å². The van der Waals surface area contributed by atoms with Crippen molar-refractivity contribution < 1.29 is 23.8 Å². The number of piperidine rings is 1. The molecule has 1 aromatic carbocycles. The third-order valence-electron chi connectivity index (χ3n) is 7.75. The molecule has 34 heavy (non-hydrogen) atoms. The van der Waals surface area contributed by atoms with E-state index in [1.807, 2.05) is 19.1 Å². The highest BCUT2D eigenvalue weighted by Crippen LogP contribution is 2.39. The van der Waals surface area contributed by atoms with Crippen molar-refractivity contribution in [2.75, 3.05) is 26.2 Å². The third kappa shape index (κ3) is 4.31. The van der Waals surface area contributed by atoms with Crippen LogP contribution in [0.3, 0.4) is 0 Å². The predicted molar refractivity (Wildman–Crippen MR) is 126 cm³/mol. The zero-order valence-corrected chi connectivity index (χ0v) is 19.7. The summed E-state index contributed by atoms with van der Waals surface area (Å²) in [6.07, 6.45) is 6.85. The fourth-order valence-electron chi connectivity index (χ4n) is 5.90. The van der Waals surface area contributed by atoms with E-state index in [0.717, 1.165) is 55.0 Å². The minimum absolute atomic E-state index is 0.0911. The summed E-state index contributed by atoms with van der Waals surface area (Å²) >= 11 is 0. The smallest absolute Gasteiger partial charge is 0.339 e. The molecule has 182 valence electrons. The number of aryl methyl sites for hydroxylation is 2. The van der Waals surface area contributed by atoms with Gasteiger partial charge in [-0.15, -0.1) is 0 Å². The molecule has 2 aliphatic carbocycles. The molecular weight excluding hydrogens is 436 g/mol. The fourth-order valence-corrected chi connectivity index (χ4v) is 5.90. The molecule has 1 aliphatic heterocycles. The van der Waals surface area contributed by atoms with Gasteiger partial charge in [0.05, 0.1) is 17.5 Å². The number of hydrogen-bond donors (Lipinski definition) is 2. The number of benzene rings is 1. The van der Waals surface area contributed by atoms with Crippen LogP contribution in [0.1, 0.15) is 55.2 Å². The molecule has 8 nitrogen and oxygen atoms in total. The van der Waals surface area contributed by atoms with Crippen LogP contribution in [0.2, 0.25) is 0 Å². The number of nitrogens with zero attached hydrogens (tertiary/aromatic N) is 1. The molecule has 8 heteroatoms. The van der Waals surface area contributed by atoms with Crippen LogP contribution in [0.15, 0.2) is 21.3 Å². The molecule has 2 atom stereocenters. The first-order valence-electron chi connectivity index (χ1n) is 12.3. The topological polar surface area (TPSA) is 109 Å². The van der Waals surface area contributed by atoms with Gasteiger partial charge in [-0.05, 0) is 68.7 Å². The first-order chi connectivity index (χ1) is 16.3. The molecule has 2 fully saturated rings. The number of carbonyl (C=O) groups is 2. The first-order valence-corrected chi connectivity index (χ1v) is 12.3. The van der Waals surface area contributed by atoms with Crippen LogP contribution in [-0.2, 0) is 22.4 Å². The van der Waals surface area contributed by atoms with Crippen LogP contribution in [0, 0.1) is 12.8 Å². The predicted octanol–water partition coefficient (Wildman–Crippen LogP) is 2.24. The van der Waals surface area contributed by atoms with Crippen LogP contribution >= 0.6 is 0 Å². The average Bonchev–Trinajstić information content (AvgIpc) is 3.30. The Morgan fingerprint density at radius 1 is 1.21 bits per heavy atom. The minimum atomic E-state index is -0.637. The molecule has 2 N–H and O–H groups in total. The Balaban J connectivity index is 1.20. The zero-order valence-electron chi connectivity index (χ0n) is 19.7. The van der Waals surface area contributed by atoms with Gasteiger partial charge in [0.1, 0.15) is 11.3 Å². The van der Waals surface area contributed by atoms with E-state index >= 15 is 0 Å². The van der Waals surface area contributed by atoms with Crippen LogP contribution < -0.4 is 15.7 Å². The van der Waals surface area contributed by atoms with Crippen molar-refractivity contribution in [1.29, 1.82) is 0 Å². The van der Waals surface area contributed by atoms with Gasteiger partial charge in [-0.2, -0.15) is 0 Å². The Hall–Kier alpha value is -2.87. The Bertz CT molecular complexity index is 1190. The molecular formula is C26H32N2O6. The maximum atomic E-state index is 12.7. The van der Waals surface area contributed by atoms with Gasteiger partial charge in [-0.25, -0.2) is 4.79 Å². The van der Waals surface area contributed by atoms with Crippen molar-refractivity contribution in [2.45, 2.75) is 63.9 Å². The van der Waals surface area contributed by atoms with Gasteiger partial charge in [0, 0.05) is 24.6 Å². The molecule has 3 aliphatic rings. The molecule has 2 aromatic rings. The number of hydrogen-bond acceptors (Lipinski definition) is 6. The molecule has 0 unspecified atom stereocenters. The molecule has 1 saturated carbocycles. The lowest BCUT2D eigenvalue weighted by molar-refractivity contribution is -0.143. The number of rotatable bonds is 5. The van der Waals surface area contributed by atoms with Crippen molar-refractivity contribution in [1.82, 2.24) is 10.2 Å². The lowest BCUT2D eigenvalue weighted by atomic mass is 9.71. The monoisotopic (exact) mass is 468 g/mol. The van der Waals surface area contributed by atoms with Gasteiger partial charge in [-0.1, -0.05) is 12.8 Å².